The maximum Gasteiger partial charge on any atom is 0.391 e. The minimum atomic E-state index is -4.30. The molecular weight excluding hydrogens is 485 g/mol. The van der Waals surface area contributed by atoms with Crippen LogP contribution in [-0.2, 0) is 16.4 Å². The molecule has 0 aromatic carbocycles. The van der Waals surface area contributed by atoms with Crippen LogP contribution in [0.25, 0.3) is 16.6 Å². The van der Waals surface area contributed by atoms with Crippen molar-refractivity contribution in [3.8, 4) is 11.1 Å². The van der Waals surface area contributed by atoms with E-state index < -0.39 is 28.5 Å². The smallest absolute Gasteiger partial charge is 0.391 e. The van der Waals surface area contributed by atoms with Gasteiger partial charge >= 0.3 is 6.18 Å². The minimum Gasteiger partial charge on any atom is -0.393 e. The summed E-state index contributed by atoms with van der Waals surface area (Å²) >= 11 is 0. The number of aliphatic hydroxyl groups is 1. The summed E-state index contributed by atoms with van der Waals surface area (Å²) in [6.07, 6.45) is 3.34. The monoisotopic (exact) mass is 514 g/mol. The second-order valence-corrected chi connectivity index (χ2v) is 11.6. The molecule has 0 unspecified atom stereocenters. The Labute approximate surface area is 201 Å². The fourth-order valence-electron chi connectivity index (χ4n) is 4.48. The normalized spacial score (nSPS) is 20.3. The summed E-state index contributed by atoms with van der Waals surface area (Å²) in [5, 5.41) is 21.5. The van der Waals surface area contributed by atoms with E-state index in [0.29, 0.717) is 18.4 Å². The number of aromatic nitrogens is 5. The lowest BCUT2D eigenvalue weighted by Gasteiger charge is -2.25. The van der Waals surface area contributed by atoms with Crippen molar-refractivity contribution >= 4 is 21.3 Å². The highest BCUT2D eigenvalue weighted by Crippen LogP contribution is 2.37. The Kier molecular flexibility index (Phi) is 7.09. The molecule has 0 amide bonds. The Morgan fingerprint density at radius 2 is 1.94 bits per heavy atom. The number of nitrogens with one attached hydrogen (secondary N) is 1. The van der Waals surface area contributed by atoms with Crippen molar-refractivity contribution < 1.29 is 26.7 Å². The van der Waals surface area contributed by atoms with Gasteiger partial charge in [0.2, 0.25) is 5.95 Å². The highest BCUT2D eigenvalue weighted by atomic mass is 32.2. The number of anilines is 1. The molecule has 35 heavy (non-hydrogen) atoms. The van der Waals surface area contributed by atoms with Crippen LogP contribution in [0.15, 0.2) is 24.7 Å². The van der Waals surface area contributed by atoms with E-state index in [0.717, 1.165) is 29.7 Å². The predicted molar refractivity (Wildman–Crippen MR) is 125 cm³/mol. The summed E-state index contributed by atoms with van der Waals surface area (Å²) in [6.45, 7) is 1.65. The van der Waals surface area contributed by atoms with Gasteiger partial charge in [-0.05, 0) is 38.7 Å². The van der Waals surface area contributed by atoms with Crippen molar-refractivity contribution in [2.75, 3.05) is 17.3 Å². The molecule has 2 N–H and O–H groups in total. The Bertz CT molecular complexity index is 1280. The number of sulfone groups is 1. The first kappa shape index (κ1) is 25.4. The summed E-state index contributed by atoms with van der Waals surface area (Å²) in [6, 6.07) is 1.08. The third-order valence-corrected chi connectivity index (χ3v) is 7.13. The van der Waals surface area contributed by atoms with Gasteiger partial charge in [-0.2, -0.15) is 18.3 Å². The highest BCUT2D eigenvalue weighted by Gasteiger charge is 2.30. The largest absolute Gasteiger partial charge is 0.393 e. The van der Waals surface area contributed by atoms with Gasteiger partial charge in [-0.25, -0.2) is 17.9 Å². The van der Waals surface area contributed by atoms with Crippen LogP contribution < -0.4 is 5.32 Å². The first-order valence-corrected chi connectivity index (χ1v) is 13.5. The third kappa shape index (κ3) is 6.51. The van der Waals surface area contributed by atoms with E-state index in [2.05, 4.69) is 20.5 Å². The lowest BCUT2D eigenvalue weighted by Crippen LogP contribution is -2.25. The maximum atomic E-state index is 12.8. The van der Waals surface area contributed by atoms with E-state index in [9.17, 15) is 26.7 Å². The number of nitrogens with zero attached hydrogens (tertiary/aromatic N) is 5. The number of hydrogen-bond acceptors (Lipinski definition) is 7. The molecule has 1 aliphatic carbocycles. The first-order chi connectivity index (χ1) is 16.4. The van der Waals surface area contributed by atoms with Crippen LogP contribution in [0.1, 0.15) is 50.6 Å². The molecule has 1 atom stereocenters. The van der Waals surface area contributed by atoms with Crippen molar-refractivity contribution in [2.24, 2.45) is 0 Å². The zero-order valence-electron chi connectivity index (χ0n) is 19.5. The molecule has 3 aromatic rings. The van der Waals surface area contributed by atoms with Crippen molar-refractivity contribution in [1.82, 2.24) is 24.4 Å². The summed E-state index contributed by atoms with van der Waals surface area (Å²) < 4.78 is 64.6. The van der Waals surface area contributed by atoms with Crippen LogP contribution in [0.2, 0.25) is 0 Å². The lowest BCUT2D eigenvalue weighted by molar-refractivity contribution is -0.136. The van der Waals surface area contributed by atoms with Gasteiger partial charge in [0.25, 0.3) is 0 Å². The summed E-state index contributed by atoms with van der Waals surface area (Å²) in [7, 11) is -3.14. The van der Waals surface area contributed by atoms with E-state index >= 15 is 0 Å². The molecule has 3 aromatic heterocycles. The zero-order chi connectivity index (χ0) is 25.4. The van der Waals surface area contributed by atoms with Gasteiger partial charge in [0.15, 0.2) is 0 Å². The maximum absolute atomic E-state index is 12.8. The molecule has 192 valence electrons. The highest BCUT2D eigenvalue weighted by molar-refractivity contribution is 7.90. The Morgan fingerprint density at radius 1 is 1.23 bits per heavy atom. The van der Waals surface area contributed by atoms with Gasteiger partial charge in [-0.1, -0.05) is 0 Å². The van der Waals surface area contributed by atoms with Crippen molar-refractivity contribution in [3.63, 3.8) is 0 Å². The quantitative estimate of drug-likeness (QED) is 0.474. The van der Waals surface area contributed by atoms with Gasteiger partial charge in [-0.15, -0.1) is 5.10 Å². The molecule has 9 nitrogen and oxygen atoms in total. The lowest BCUT2D eigenvalue weighted by atomic mass is 9.85. The second kappa shape index (κ2) is 9.76. The summed E-state index contributed by atoms with van der Waals surface area (Å²) in [4.78, 5) is 4.25. The molecule has 0 aliphatic heterocycles. The standard InChI is InChI=1S/C22H29F3N6O3S/c1-14(10-22(23,24)25)28-21-26-12-20-18(16-11-27-30(13-16)7-8-35(2,33)34)9-19(31(20)29-21)15-3-5-17(32)6-4-15/h9,11-15,17,32H,3-8,10H2,1-2H3,(H,28,29)/t14-,15?,17?/m0/s1. The fraction of sp³-hybridized carbons (Fsp3) is 0.591. The molecule has 1 saturated carbocycles. The molecule has 0 radical (unpaired) electrons. The molecule has 4 rings (SSSR count). The molecule has 1 aliphatic rings. The van der Waals surface area contributed by atoms with Crippen LogP contribution in [-0.4, -0.2) is 68.2 Å². The molecule has 0 saturated heterocycles. The Balaban J connectivity index is 1.68. The Hall–Kier alpha value is -2.67. The average molecular weight is 515 g/mol. The van der Waals surface area contributed by atoms with Gasteiger partial charge in [-0.3, -0.25) is 4.68 Å². The van der Waals surface area contributed by atoms with Crippen molar-refractivity contribution in [3.05, 3.63) is 30.4 Å². The third-order valence-electron chi connectivity index (χ3n) is 6.21. The average Bonchev–Trinajstić information content (AvgIpc) is 3.35. The molecule has 0 spiro atoms. The summed E-state index contributed by atoms with van der Waals surface area (Å²) in [5.74, 6) is 0.182. The van der Waals surface area contributed by atoms with Crippen LogP contribution in [0, 0.1) is 0 Å². The molecule has 3 heterocycles. The SMILES string of the molecule is C[C@@H](CC(F)(F)F)Nc1ncc2c(-c3cnn(CCS(C)(=O)=O)c3)cc(C3CCC(O)CC3)n2n1. The van der Waals surface area contributed by atoms with Crippen molar-refractivity contribution in [1.29, 1.82) is 0 Å². The molecule has 0 bridgehead atoms. The molecular formula is C22H29F3N6O3S. The van der Waals surface area contributed by atoms with Crippen molar-refractivity contribution in [2.45, 2.75) is 69.8 Å². The fourth-order valence-corrected chi connectivity index (χ4v) is 5.00. The zero-order valence-corrected chi connectivity index (χ0v) is 20.3. The topological polar surface area (TPSA) is 114 Å². The van der Waals surface area contributed by atoms with Gasteiger partial charge < -0.3 is 10.4 Å². The van der Waals surface area contributed by atoms with E-state index in [1.54, 1.807) is 27.8 Å². The minimum absolute atomic E-state index is 0.0332. The number of hydrogen-bond donors (Lipinski definition) is 2. The second-order valence-electron chi connectivity index (χ2n) is 9.35. The van der Waals surface area contributed by atoms with Crippen LogP contribution in [0.4, 0.5) is 19.1 Å². The van der Waals surface area contributed by atoms with E-state index in [1.807, 2.05) is 6.07 Å². The number of halogens is 3. The number of alkyl halides is 3. The predicted octanol–water partition coefficient (Wildman–Crippen LogP) is 3.41. The van der Waals surface area contributed by atoms with Crippen LogP contribution >= 0.6 is 0 Å². The molecule has 13 heteroatoms. The number of fused-ring (bicyclic) bond motifs is 1. The molecule has 1 fully saturated rings. The number of rotatable bonds is 8. The Morgan fingerprint density at radius 3 is 2.60 bits per heavy atom. The van der Waals surface area contributed by atoms with Gasteiger partial charge in [0.05, 0.1) is 42.7 Å². The van der Waals surface area contributed by atoms with Gasteiger partial charge in [0.1, 0.15) is 9.84 Å². The first-order valence-electron chi connectivity index (χ1n) is 11.5. The van der Waals surface area contributed by atoms with E-state index in [4.69, 9.17) is 0 Å². The van der Waals surface area contributed by atoms with Crippen LogP contribution in [0.3, 0.4) is 0 Å². The summed E-state index contributed by atoms with van der Waals surface area (Å²) in [5.41, 5.74) is 3.11. The van der Waals surface area contributed by atoms with E-state index in [-0.39, 0.29) is 30.3 Å². The van der Waals surface area contributed by atoms with Crippen LogP contribution in [0.5, 0.6) is 0 Å². The number of aliphatic hydroxyl groups excluding tert-OH is 1. The van der Waals surface area contributed by atoms with E-state index in [1.165, 1.54) is 13.2 Å². The number of aryl methyl sites for hydroxylation is 1. The van der Waals surface area contributed by atoms with Gasteiger partial charge in [0, 0.05) is 41.2 Å².